The normalized spacial score (nSPS) is 26.2. The van der Waals surface area contributed by atoms with Crippen LogP contribution >= 0.6 is 0 Å². The zero-order chi connectivity index (χ0) is 15.2. The molecule has 2 unspecified atom stereocenters. The maximum absolute atomic E-state index is 11.8. The van der Waals surface area contributed by atoms with Gasteiger partial charge in [0.05, 0.1) is 12.8 Å². The number of hydrogen-bond donors (Lipinski definition) is 1. The highest BCUT2D eigenvalue weighted by atomic mass is 16.5. The highest BCUT2D eigenvalue weighted by Gasteiger charge is 2.48. The van der Waals surface area contributed by atoms with Crippen molar-refractivity contribution in [1.82, 2.24) is 0 Å². The SMILES string of the molecule is COC(=O)N(C)c1cccc2c1CC1(C2)N=C(N)OC1C. The third-order valence-electron chi connectivity index (χ3n) is 4.42. The van der Waals surface area contributed by atoms with Crippen molar-refractivity contribution in [3.63, 3.8) is 0 Å². The molecule has 0 saturated heterocycles. The number of amides is 1. The molecular formula is C15H19N3O3. The molecule has 21 heavy (non-hydrogen) atoms. The molecular weight excluding hydrogens is 270 g/mol. The first-order valence-corrected chi connectivity index (χ1v) is 6.91. The van der Waals surface area contributed by atoms with E-state index in [4.69, 9.17) is 15.2 Å². The number of aliphatic imine (C=N–C) groups is 1. The number of benzene rings is 1. The molecule has 0 bridgehead atoms. The van der Waals surface area contributed by atoms with Crippen molar-refractivity contribution in [2.45, 2.75) is 31.4 Å². The molecule has 112 valence electrons. The molecule has 6 heteroatoms. The number of carbonyl (C=O) groups is 1. The highest BCUT2D eigenvalue weighted by molar-refractivity contribution is 5.88. The van der Waals surface area contributed by atoms with E-state index >= 15 is 0 Å². The summed E-state index contributed by atoms with van der Waals surface area (Å²) >= 11 is 0. The van der Waals surface area contributed by atoms with Gasteiger partial charge in [0.2, 0.25) is 0 Å². The molecule has 3 rings (SSSR count). The fraction of sp³-hybridized carbons (Fsp3) is 0.467. The molecule has 2 aliphatic rings. The quantitative estimate of drug-likeness (QED) is 0.849. The molecule has 1 aliphatic carbocycles. The number of anilines is 1. The maximum Gasteiger partial charge on any atom is 0.413 e. The number of nitrogens with two attached hydrogens (primary N) is 1. The molecule has 1 heterocycles. The van der Waals surface area contributed by atoms with Crippen molar-refractivity contribution < 1.29 is 14.3 Å². The molecule has 0 fully saturated rings. The van der Waals surface area contributed by atoms with Crippen molar-refractivity contribution in [2.24, 2.45) is 10.7 Å². The minimum atomic E-state index is -0.386. The minimum Gasteiger partial charge on any atom is -0.460 e. The molecule has 0 aromatic heterocycles. The topological polar surface area (TPSA) is 77.2 Å². The van der Waals surface area contributed by atoms with Gasteiger partial charge in [-0.15, -0.1) is 0 Å². The molecule has 0 saturated carbocycles. The van der Waals surface area contributed by atoms with Crippen molar-refractivity contribution in [3.05, 3.63) is 29.3 Å². The van der Waals surface area contributed by atoms with Gasteiger partial charge in [-0.3, -0.25) is 4.90 Å². The molecule has 1 spiro atoms. The van der Waals surface area contributed by atoms with E-state index in [0.717, 1.165) is 17.7 Å². The summed E-state index contributed by atoms with van der Waals surface area (Å²) in [5.74, 6) is 0. The van der Waals surface area contributed by atoms with Gasteiger partial charge in [0.15, 0.2) is 0 Å². The average Bonchev–Trinajstić information content (AvgIpc) is 2.96. The standard InChI is InChI=1S/C15H19N3O3/c1-9-15(17-13(16)21-9)7-10-5-4-6-12(11(10)8-15)18(2)14(19)20-3/h4-6,9H,7-8H2,1-3H3,(H2,16,17). The number of ether oxygens (including phenoxy) is 2. The van der Waals surface area contributed by atoms with Crippen LogP contribution < -0.4 is 10.6 Å². The van der Waals surface area contributed by atoms with E-state index in [9.17, 15) is 4.79 Å². The summed E-state index contributed by atoms with van der Waals surface area (Å²) in [7, 11) is 3.08. The molecule has 1 aliphatic heterocycles. The fourth-order valence-corrected chi connectivity index (χ4v) is 3.23. The number of methoxy groups -OCH3 is 1. The molecule has 1 aromatic carbocycles. The predicted octanol–water partition coefficient (Wildman–Crippen LogP) is 1.46. The Kier molecular flexibility index (Phi) is 3.04. The van der Waals surface area contributed by atoms with Crippen LogP contribution in [0.1, 0.15) is 18.1 Å². The Hall–Kier alpha value is -2.24. The second kappa shape index (κ2) is 4.65. The summed E-state index contributed by atoms with van der Waals surface area (Å²) in [4.78, 5) is 17.8. The lowest BCUT2D eigenvalue weighted by Crippen LogP contribution is -2.37. The molecule has 0 radical (unpaired) electrons. The van der Waals surface area contributed by atoms with Crippen LogP contribution in [0.4, 0.5) is 10.5 Å². The van der Waals surface area contributed by atoms with Crippen LogP contribution in [0.15, 0.2) is 23.2 Å². The van der Waals surface area contributed by atoms with E-state index in [0.29, 0.717) is 6.42 Å². The van der Waals surface area contributed by atoms with Crippen LogP contribution in [0, 0.1) is 0 Å². The molecule has 1 amide bonds. The third-order valence-corrected chi connectivity index (χ3v) is 4.42. The van der Waals surface area contributed by atoms with E-state index in [2.05, 4.69) is 11.1 Å². The van der Waals surface area contributed by atoms with Crippen LogP contribution in [0.5, 0.6) is 0 Å². The Bertz CT molecular complexity index is 629. The summed E-state index contributed by atoms with van der Waals surface area (Å²) in [5.41, 5.74) is 8.52. The van der Waals surface area contributed by atoms with Crippen LogP contribution in [-0.4, -0.2) is 37.9 Å². The van der Waals surface area contributed by atoms with Gasteiger partial charge in [-0.25, -0.2) is 9.79 Å². The van der Waals surface area contributed by atoms with Crippen LogP contribution in [0.3, 0.4) is 0 Å². The van der Waals surface area contributed by atoms with Gasteiger partial charge in [-0.05, 0) is 24.1 Å². The number of rotatable bonds is 1. The zero-order valence-electron chi connectivity index (χ0n) is 12.4. The Morgan fingerprint density at radius 1 is 1.52 bits per heavy atom. The van der Waals surface area contributed by atoms with Gasteiger partial charge < -0.3 is 15.2 Å². The van der Waals surface area contributed by atoms with Gasteiger partial charge in [0.25, 0.3) is 6.02 Å². The zero-order valence-corrected chi connectivity index (χ0v) is 12.4. The Morgan fingerprint density at radius 3 is 2.90 bits per heavy atom. The van der Waals surface area contributed by atoms with Gasteiger partial charge in [-0.1, -0.05) is 12.1 Å². The lowest BCUT2D eigenvalue weighted by Gasteiger charge is -2.24. The third kappa shape index (κ3) is 2.02. The Morgan fingerprint density at radius 2 is 2.29 bits per heavy atom. The van der Waals surface area contributed by atoms with Gasteiger partial charge >= 0.3 is 6.09 Å². The number of amidine groups is 1. The number of hydrogen-bond acceptors (Lipinski definition) is 5. The lowest BCUT2D eigenvalue weighted by atomic mass is 9.91. The van der Waals surface area contributed by atoms with Crippen LogP contribution in [0.25, 0.3) is 0 Å². The maximum atomic E-state index is 11.8. The number of fused-ring (bicyclic) bond motifs is 1. The fourth-order valence-electron chi connectivity index (χ4n) is 3.23. The van der Waals surface area contributed by atoms with E-state index in [1.807, 2.05) is 19.1 Å². The van der Waals surface area contributed by atoms with E-state index in [1.165, 1.54) is 17.6 Å². The molecule has 6 nitrogen and oxygen atoms in total. The van der Waals surface area contributed by atoms with Crippen molar-refractivity contribution in [2.75, 3.05) is 19.1 Å². The van der Waals surface area contributed by atoms with Gasteiger partial charge in [0.1, 0.15) is 11.6 Å². The molecule has 2 N–H and O–H groups in total. The predicted molar refractivity (Wildman–Crippen MR) is 79.6 cm³/mol. The van der Waals surface area contributed by atoms with Gasteiger partial charge in [0, 0.05) is 19.9 Å². The highest BCUT2D eigenvalue weighted by Crippen LogP contribution is 2.42. The monoisotopic (exact) mass is 289 g/mol. The summed E-state index contributed by atoms with van der Waals surface area (Å²) in [6, 6.07) is 6.18. The average molecular weight is 289 g/mol. The molecule has 2 atom stereocenters. The second-order valence-corrected chi connectivity index (χ2v) is 5.61. The summed E-state index contributed by atoms with van der Waals surface area (Å²) < 4.78 is 10.3. The van der Waals surface area contributed by atoms with Crippen LogP contribution in [0.2, 0.25) is 0 Å². The summed E-state index contributed by atoms with van der Waals surface area (Å²) in [6.07, 6.45) is 1.03. The van der Waals surface area contributed by atoms with Crippen molar-refractivity contribution in [1.29, 1.82) is 0 Å². The Labute approximate surface area is 123 Å². The first kappa shape index (κ1) is 13.7. The first-order valence-electron chi connectivity index (χ1n) is 6.91. The van der Waals surface area contributed by atoms with Gasteiger partial charge in [-0.2, -0.15) is 0 Å². The van der Waals surface area contributed by atoms with Crippen molar-refractivity contribution in [3.8, 4) is 0 Å². The van der Waals surface area contributed by atoms with E-state index < -0.39 is 0 Å². The lowest BCUT2D eigenvalue weighted by molar-refractivity contribution is 0.157. The van der Waals surface area contributed by atoms with Crippen LogP contribution in [-0.2, 0) is 22.3 Å². The number of carbonyl (C=O) groups excluding carboxylic acids is 1. The summed E-state index contributed by atoms with van der Waals surface area (Å²) in [5, 5.41) is 0. The summed E-state index contributed by atoms with van der Waals surface area (Å²) in [6.45, 7) is 1.99. The van der Waals surface area contributed by atoms with Crippen molar-refractivity contribution >= 4 is 17.8 Å². The molecule has 1 aromatic rings. The first-order chi connectivity index (χ1) is 9.97. The van der Waals surface area contributed by atoms with E-state index in [1.54, 1.807) is 7.05 Å². The minimum absolute atomic E-state index is 0.0683. The largest absolute Gasteiger partial charge is 0.460 e. The second-order valence-electron chi connectivity index (χ2n) is 5.61. The smallest absolute Gasteiger partial charge is 0.413 e. The number of nitrogens with zero attached hydrogens (tertiary/aromatic N) is 2. The van der Waals surface area contributed by atoms with E-state index in [-0.39, 0.29) is 23.8 Å². The Balaban J connectivity index is 1.99.